The van der Waals surface area contributed by atoms with E-state index in [9.17, 15) is 0 Å². The molecule has 0 N–H and O–H groups in total. The van der Waals surface area contributed by atoms with E-state index in [4.69, 9.17) is 4.74 Å². The Bertz CT molecular complexity index is 515. The first-order valence-corrected chi connectivity index (χ1v) is 5.45. The van der Waals surface area contributed by atoms with Crippen LogP contribution in [0.1, 0.15) is 19.4 Å². The molecule has 0 aliphatic carbocycles. The molecule has 82 valence electrons. The van der Waals surface area contributed by atoms with Crippen LogP contribution in [0, 0.1) is 0 Å². The standard InChI is InChI=1S/C13H14N2O/c1-13(2)9-16-12-10(13)5-3-6-11(12)15-8-4-7-14-15/h3-8H,9H2,1-2H3. The fraction of sp³-hybridized carbons (Fsp3) is 0.308. The summed E-state index contributed by atoms with van der Waals surface area (Å²) in [6, 6.07) is 8.15. The summed E-state index contributed by atoms with van der Waals surface area (Å²) in [6.45, 7) is 5.14. The quantitative estimate of drug-likeness (QED) is 0.729. The molecule has 0 bridgehead atoms. The van der Waals surface area contributed by atoms with Crippen LogP contribution < -0.4 is 4.74 Å². The molecule has 0 unspecified atom stereocenters. The maximum Gasteiger partial charge on any atom is 0.148 e. The average Bonchev–Trinajstić information content (AvgIpc) is 2.87. The summed E-state index contributed by atoms with van der Waals surface area (Å²) in [6.07, 6.45) is 3.71. The Morgan fingerprint density at radius 2 is 2.19 bits per heavy atom. The second-order valence-corrected chi connectivity index (χ2v) is 4.78. The topological polar surface area (TPSA) is 27.1 Å². The number of para-hydroxylation sites is 1. The van der Waals surface area contributed by atoms with Crippen LogP contribution in [-0.2, 0) is 5.41 Å². The lowest BCUT2D eigenvalue weighted by atomic mass is 9.87. The van der Waals surface area contributed by atoms with Crippen molar-refractivity contribution in [1.29, 1.82) is 0 Å². The molecule has 0 amide bonds. The van der Waals surface area contributed by atoms with E-state index in [0.29, 0.717) is 0 Å². The molecule has 0 saturated carbocycles. The smallest absolute Gasteiger partial charge is 0.148 e. The molecule has 16 heavy (non-hydrogen) atoms. The van der Waals surface area contributed by atoms with Crippen molar-refractivity contribution in [3.63, 3.8) is 0 Å². The summed E-state index contributed by atoms with van der Waals surface area (Å²) >= 11 is 0. The zero-order valence-electron chi connectivity index (χ0n) is 9.47. The van der Waals surface area contributed by atoms with Gasteiger partial charge in [0.25, 0.3) is 0 Å². The van der Waals surface area contributed by atoms with Gasteiger partial charge in [-0.2, -0.15) is 5.10 Å². The predicted molar refractivity (Wildman–Crippen MR) is 62.1 cm³/mol. The van der Waals surface area contributed by atoms with Gasteiger partial charge in [-0.05, 0) is 12.1 Å². The molecular weight excluding hydrogens is 200 g/mol. The highest BCUT2D eigenvalue weighted by molar-refractivity contribution is 5.56. The second kappa shape index (κ2) is 3.11. The molecular formula is C13H14N2O. The Morgan fingerprint density at radius 3 is 2.94 bits per heavy atom. The molecule has 0 spiro atoms. The van der Waals surface area contributed by atoms with Gasteiger partial charge in [0, 0.05) is 23.4 Å². The van der Waals surface area contributed by atoms with Crippen LogP contribution in [0.5, 0.6) is 5.75 Å². The minimum Gasteiger partial charge on any atom is -0.490 e. The van der Waals surface area contributed by atoms with Crippen LogP contribution in [0.4, 0.5) is 0 Å². The van der Waals surface area contributed by atoms with Crippen LogP contribution in [0.3, 0.4) is 0 Å². The third-order valence-corrected chi connectivity index (χ3v) is 3.05. The van der Waals surface area contributed by atoms with E-state index in [-0.39, 0.29) is 5.41 Å². The number of hydrogen-bond donors (Lipinski definition) is 0. The van der Waals surface area contributed by atoms with Crippen molar-refractivity contribution in [2.24, 2.45) is 0 Å². The van der Waals surface area contributed by atoms with E-state index in [1.54, 1.807) is 6.20 Å². The SMILES string of the molecule is CC1(C)COc2c(-n3cccn3)cccc21. The van der Waals surface area contributed by atoms with E-state index >= 15 is 0 Å². The number of hydrogen-bond acceptors (Lipinski definition) is 2. The fourth-order valence-corrected chi connectivity index (χ4v) is 2.13. The van der Waals surface area contributed by atoms with Crippen molar-refractivity contribution in [2.45, 2.75) is 19.3 Å². The number of rotatable bonds is 1. The number of ether oxygens (including phenoxy) is 1. The highest BCUT2D eigenvalue weighted by Gasteiger charge is 2.33. The Morgan fingerprint density at radius 1 is 1.31 bits per heavy atom. The Labute approximate surface area is 94.7 Å². The highest BCUT2D eigenvalue weighted by atomic mass is 16.5. The molecule has 1 aliphatic heterocycles. The summed E-state index contributed by atoms with van der Waals surface area (Å²) in [5, 5.41) is 4.25. The first kappa shape index (κ1) is 9.46. The normalized spacial score (nSPS) is 16.9. The van der Waals surface area contributed by atoms with Crippen LogP contribution in [0.2, 0.25) is 0 Å². The molecule has 0 saturated heterocycles. The molecule has 1 aromatic heterocycles. The van der Waals surface area contributed by atoms with Gasteiger partial charge in [0.2, 0.25) is 0 Å². The molecule has 3 rings (SSSR count). The highest BCUT2D eigenvalue weighted by Crippen LogP contribution is 2.41. The summed E-state index contributed by atoms with van der Waals surface area (Å²) in [5.74, 6) is 0.969. The summed E-state index contributed by atoms with van der Waals surface area (Å²) in [7, 11) is 0. The Balaban J connectivity index is 2.20. The zero-order chi connectivity index (χ0) is 11.2. The lowest BCUT2D eigenvalue weighted by Gasteiger charge is -2.15. The van der Waals surface area contributed by atoms with Crippen LogP contribution in [0.15, 0.2) is 36.7 Å². The Kier molecular flexibility index (Phi) is 1.84. The van der Waals surface area contributed by atoms with E-state index in [2.05, 4.69) is 31.1 Å². The van der Waals surface area contributed by atoms with Gasteiger partial charge in [0.05, 0.1) is 6.61 Å². The van der Waals surface area contributed by atoms with Gasteiger partial charge in [-0.1, -0.05) is 26.0 Å². The van der Waals surface area contributed by atoms with Crippen molar-refractivity contribution in [1.82, 2.24) is 9.78 Å². The lowest BCUT2D eigenvalue weighted by molar-refractivity contribution is 0.290. The predicted octanol–water partition coefficient (Wildman–Crippen LogP) is 2.54. The van der Waals surface area contributed by atoms with Crippen LogP contribution >= 0.6 is 0 Å². The molecule has 3 heteroatoms. The summed E-state index contributed by atoms with van der Waals surface area (Å²) < 4.78 is 7.66. The van der Waals surface area contributed by atoms with Gasteiger partial charge in [-0.25, -0.2) is 4.68 Å². The van der Waals surface area contributed by atoms with Crippen molar-refractivity contribution in [2.75, 3.05) is 6.61 Å². The van der Waals surface area contributed by atoms with E-state index in [1.807, 2.05) is 23.0 Å². The van der Waals surface area contributed by atoms with Crippen molar-refractivity contribution in [3.05, 3.63) is 42.2 Å². The number of nitrogens with zero attached hydrogens (tertiary/aromatic N) is 2. The van der Waals surface area contributed by atoms with Gasteiger partial charge >= 0.3 is 0 Å². The third-order valence-electron chi connectivity index (χ3n) is 3.05. The maximum absolute atomic E-state index is 5.81. The molecule has 0 radical (unpaired) electrons. The van der Waals surface area contributed by atoms with Crippen LogP contribution in [-0.4, -0.2) is 16.4 Å². The second-order valence-electron chi connectivity index (χ2n) is 4.78. The zero-order valence-corrected chi connectivity index (χ0v) is 9.47. The fourth-order valence-electron chi connectivity index (χ4n) is 2.13. The maximum atomic E-state index is 5.81. The van der Waals surface area contributed by atoms with Gasteiger partial charge in [0.1, 0.15) is 11.4 Å². The lowest BCUT2D eigenvalue weighted by Crippen LogP contribution is -2.18. The minimum absolute atomic E-state index is 0.0957. The average molecular weight is 214 g/mol. The van der Waals surface area contributed by atoms with Gasteiger partial charge in [-0.15, -0.1) is 0 Å². The van der Waals surface area contributed by atoms with E-state index in [0.717, 1.165) is 18.0 Å². The largest absolute Gasteiger partial charge is 0.490 e. The molecule has 1 aromatic carbocycles. The van der Waals surface area contributed by atoms with Gasteiger partial charge in [0.15, 0.2) is 0 Å². The minimum atomic E-state index is 0.0957. The summed E-state index contributed by atoms with van der Waals surface area (Å²) in [4.78, 5) is 0. The third kappa shape index (κ3) is 1.24. The van der Waals surface area contributed by atoms with Crippen molar-refractivity contribution in [3.8, 4) is 11.4 Å². The molecule has 0 fully saturated rings. The van der Waals surface area contributed by atoms with E-state index in [1.165, 1.54) is 5.56 Å². The van der Waals surface area contributed by atoms with Crippen molar-refractivity contribution < 1.29 is 4.74 Å². The number of fused-ring (bicyclic) bond motifs is 1. The van der Waals surface area contributed by atoms with Gasteiger partial charge < -0.3 is 4.74 Å². The number of benzene rings is 1. The van der Waals surface area contributed by atoms with E-state index < -0.39 is 0 Å². The number of aromatic nitrogens is 2. The van der Waals surface area contributed by atoms with Gasteiger partial charge in [-0.3, -0.25) is 0 Å². The molecule has 2 aromatic rings. The molecule has 2 heterocycles. The summed E-state index contributed by atoms with van der Waals surface area (Å²) in [5.41, 5.74) is 2.38. The van der Waals surface area contributed by atoms with Crippen molar-refractivity contribution >= 4 is 0 Å². The first-order chi connectivity index (χ1) is 7.68. The molecule has 0 atom stereocenters. The Hall–Kier alpha value is -1.77. The molecule has 1 aliphatic rings. The van der Waals surface area contributed by atoms with Crippen LogP contribution in [0.25, 0.3) is 5.69 Å². The molecule has 3 nitrogen and oxygen atoms in total. The first-order valence-electron chi connectivity index (χ1n) is 5.45. The monoisotopic (exact) mass is 214 g/mol.